The van der Waals surface area contributed by atoms with Gasteiger partial charge in [-0.15, -0.1) is 0 Å². The van der Waals surface area contributed by atoms with Crippen molar-refractivity contribution in [3.05, 3.63) is 0 Å². The maximum Gasteiger partial charge on any atom is 0.320 e. The zero-order valence-electron chi connectivity index (χ0n) is 13.0. The van der Waals surface area contributed by atoms with E-state index in [0.29, 0.717) is 11.9 Å². The van der Waals surface area contributed by atoms with E-state index in [-0.39, 0.29) is 17.4 Å². The van der Waals surface area contributed by atoms with Crippen LogP contribution >= 0.6 is 0 Å². The van der Waals surface area contributed by atoms with E-state index < -0.39 is 5.97 Å². The molecule has 2 saturated heterocycles. The minimum absolute atomic E-state index is 0.192. The molecular formula is C16H26N2O3. The zero-order chi connectivity index (χ0) is 15.2. The monoisotopic (exact) mass is 294 g/mol. The first kappa shape index (κ1) is 14.8. The van der Waals surface area contributed by atoms with Crippen LogP contribution in [-0.2, 0) is 9.59 Å². The summed E-state index contributed by atoms with van der Waals surface area (Å²) >= 11 is 0. The predicted molar refractivity (Wildman–Crippen MR) is 78.9 cm³/mol. The zero-order valence-corrected chi connectivity index (χ0v) is 13.0. The molecule has 0 aromatic rings. The van der Waals surface area contributed by atoms with E-state index >= 15 is 0 Å². The molecule has 3 fully saturated rings. The molecule has 3 rings (SSSR count). The van der Waals surface area contributed by atoms with Crippen molar-refractivity contribution in [3.8, 4) is 0 Å². The highest BCUT2D eigenvalue weighted by atomic mass is 16.4. The van der Waals surface area contributed by atoms with Crippen molar-refractivity contribution in [3.63, 3.8) is 0 Å². The van der Waals surface area contributed by atoms with Gasteiger partial charge < -0.3 is 10.0 Å². The molecular weight excluding hydrogens is 268 g/mol. The standard InChI is InChI=1S/C16H26N2O3/c1-16(2)10-12(16)14(19)17-8-5-11(6-9-17)18-7-3-4-13(18)15(20)21/h11-13H,3-10H2,1-2H3,(H,20,21). The Balaban J connectivity index is 1.53. The van der Waals surface area contributed by atoms with E-state index in [2.05, 4.69) is 18.7 Å². The van der Waals surface area contributed by atoms with Gasteiger partial charge in [0.05, 0.1) is 0 Å². The highest BCUT2D eigenvalue weighted by Gasteiger charge is 2.52. The van der Waals surface area contributed by atoms with Crippen LogP contribution in [0, 0.1) is 11.3 Å². The van der Waals surface area contributed by atoms with Gasteiger partial charge in [-0.3, -0.25) is 14.5 Å². The van der Waals surface area contributed by atoms with Crippen LogP contribution in [0.25, 0.3) is 0 Å². The summed E-state index contributed by atoms with van der Waals surface area (Å²) in [5.41, 5.74) is 0.192. The van der Waals surface area contributed by atoms with Gasteiger partial charge in [-0.1, -0.05) is 13.8 Å². The van der Waals surface area contributed by atoms with Gasteiger partial charge >= 0.3 is 5.97 Å². The van der Waals surface area contributed by atoms with Crippen LogP contribution in [0.4, 0.5) is 0 Å². The third-order valence-electron chi connectivity index (χ3n) is 5.64. The quantitative estimate of drug-likeness (QED) is 0.858. The lowest BCUT2D eigenvalue weighted by Gasteiger charge is -2.38. The summed E-state index contributed by atoms with van der Waals surface area (Å²) in [5.74, 6) is -0.159. The normalized spacial score (nSPS) is 33.1. The van der Waals surface area contributed by atoms with Gasteiger partial charge in [0.25, 0.3) is 0 Å². The van der Waals surface area contributed by atoms with E-state index in [1.807, 2.05) is 4.90 Å². The Morgan fingerprint density at radius 3 is 2.24 bits per heavy atom. The van der Waals surface area contributed by atoms with Crippen LogP contribution in [0.5, 0.6) is 0 Å². The fourth-order valence-corrected chi connectivity index (χ4v) is 4.02. The summed E-state index contributed by atoms with van der Waals surface area (Å²) in [5, 5.41) is 9.29. The van der Waals surface area contributed by atoms with Crippen molar-refractivity contribution in [2.24, 2.45) is 11.3 Å². The van der Waals surface area contributed by atoms with Crippen molar-refractivity contribution < 1.29 is 14.7 Å². The number of nitrogens with zero attached hydrogens (tertiary/aromatic N) is 2. The summed E-state index contributed by atoms with van der Waals surface area (Å²) in [6.45, 7) is 6.79. The van der Waals surface area contributed by atoms with Gasteiger partial charge in [0.2, 0.25) is 5.91 Å². The van der Waals surface area contributed by atoms with Gasteiger partial charge in [-0.25, -0.2) is 0 Å². The molecule has 2 atom stereocenters. The fourth-order valence-electron chi connectivity index (χ4n) is 4.02. The maximum atomic E-state index is 12.4. The molecule has 2 aliphatic heterocycles. The lowest BCUT2D eigenvalue weighted by Crippen LogP contribution is -2.50. The average Bonchev–Trinajstić information content (AvgIpc) is 2.90. The van der Waals surface area contributed by atoms with Gasteiger partial charge in [0.1, 0.15) is 6.04 Å². The minimum Gasteiger partial charge on any atom is -0.480 e. The Morgan fingerprint density at radius 1 is 1.10 bits per heavy atom. The van der Waals surface area contributed by atoms with Crippen LogP contribution in [-0.4, -0.2) is 58.5 Å². The Labute approximate surface area is 126 Å². The molecule has 5 heteroatoms. The highest BCUT2D eigenvalue weighted by Crippen LogP contribution is 2.52. The second-order valence-corrected chi connectivity index (χ2v) is 7.54. The maximum absolute atomic E-state index is 12.4. The van der Waals surface area contributed by atoms with Crippen molar-refractivity contribution >= 4 is 11.9 Å². The number of hydrogen-bond donors (Lipinski definition) is 1. The lowest BCUT2D eigenvalue weighted by molar-refractivity contribution is -0.144. The van der Waals surface area contributed by atoms with Crippen LogP contribution < -0.4 is 0 Å². The highest BCUT2D eigenvalue weighted by molar-refractivity contribution is 5.82. The van der Waals surface area contributed by atoms with E-state index in [0.717, 1.165) is 51.7 Å². The number of aliphatic carboxylic acids is 1. The molecule has 118 valence electrons. The Morgan fingerprint density at radius 2 is 1.71 bits per heavy atom. The molecule has 21 heavy (non-hydrogen) atoms. The summed E-state index contributed by atoms with van der Waals surface area (Å²) in [7, 11) is 0. The summed E-state index contributed by atoms with van der Waals surface area (Å²) in [6.07, 6.45) is 4.60. The van der Waals surface area contributed by atoms with Crippen molar-refractivity contribution in [1.82, 2.24) is 9.80 Å². The van der Waals surface area contributed by atoms with Crippen LogP contribution in [0.1, 0.15) is 46.0 Å². The smallest absolute Gasteiger partial charge is 0.320 e. The Bertz CT molecular complexity index is 441. The minimum atomic E-state index is -0.689. The summed E-state index contributed by atoms with van der Waals surface area (Å²) < 4.78 is 0. The summed E-state index contributed by atoms with van der Waals surface area (Å²) in [4.78, 5) is 27.8. The third-order valence-corrected chi connectivity index (χ3v) is 5.64. The molecule has 0 aromatic heterocycles. The molecule has 1 amide bonds. The van der Waals surface area contributed by atoms with E-state index in [9.17, 15) is 14.7 Å². The number of rotatable bonds is 3. The number of carboxylic acids is 1. The first-order chi connectivity index (χ1) is 9.90. The number of carboxylic acid groups (broad SMARTS) is 1. The summed E-state index contributed by atoms with van der Waals surface area (Å²) in [6, 6.07) is 0.0319. The molecule has 2 unspecified atom stereocenters. The fraction of sp³-hybridized carbons (Fsp3) is 0.875. The molecule has 1 N–H and O–H groups in total. The van der Waals surface area contributed by atoms with Gasteiger partial charge in [-0.2, -0.15) is 0 Å². The Kier molecular flexibility index (Phi) is 3.72. The number of carbonyl (C=O) groups is 2. The molecule has 5 nitrogen and oxygen atoms in total. The number of piperidine rings is 1. The first-order valence-corrected chi connectivity index (χ1v) is 8.17. The molecule has 1 aliphatic carbocycles. The molecule has 0 bridgehead atoms. The molecule has 3 aliphatic rings. The Hall–Kier alpha value is -1.10. The van der Waals surface area contributed by atoms with E-state index in [1.54, 1.807) is 0 Å². The lowest BCUT2D eigenvalue weighted by atomic mass is 10.0. The molecule has 2 heterocycles. The number of amides is 1. The molecule has 1 saturated carbocycles. The second-order valence-electron chi connectivity index (χ2n) is 7.54. The number of likely N-dealkylation sites (tertiary alicyclic amines) is 2. The SMILES string of the molecule is CC1(C)CC1C(=O)N1CCC(N2CCCC2C(=O)O)CC1. The predicted octanol–water partition coefficient (Wildman–Crippen LogP) is 1.57. The first-order valence-electron chi connectivity index (χ1n) is 8.17. The van der Waals surface area contributed by atoms with Crippen molar-refractivity contribution in [2.75, 3.05) is 19.6 Å². The molecule has 0 aromatic carbocycles. The topological polar surface area (TPSA) is 60.9 Å². The van der Waals surface area contributed by atoms with Crippen molar-refractivity contribution in [1.29, 1.82) is 0 Å². The molecule has 0 spiro atoms. The van der Waals surface area contributed by atoms with E-state index in [4.69, 9.17) is 0 Å². The van der Waals surface area contributed by atoms with Crippen LogP contribution in [0.3, 0.4) is 0 Å². The van der Waals surface area contributed by atoms with Gasteiger partial charge in [0.15, 0.2) is 0 Å². The largest absolute Gasteiger partial charge is 0.480 e. The van der Waals surface area contributed by atoms with Gasteiger partial charge in [0, 0.05) is 25.0 Å². The van der Waals surface area contributed by atoms with Crippen LogP contribution in [0.2, 0.25) is 0 Å². The van der Waals surface area contributed by atoms with Crippen LogP contribution in [0.15, 0.2) is 0 Å². The van der Waals surface area contributed by atoms with Crippen molar-refractivity contribution in [2.45, 2.75) is 58.0 Å². The molecule has 0 radical (unpaired) electrons. The van der Waals surface area contributed by atoms with E-state index in [1.165, 1.54) is 0 Å². The van der Waals surface area contributed by atoms with Gasteiger partial charge in [-0.05, 0) is 44.1 Å². The number of hydrogen-bond acceptors (Lipinski definition) is 3. The third kappa shape index (κ3) is 2.80. The average molecular weight is 294 g/mol. The number of carbonyl (C=O) groups excluding carboxylic acids is 1. The second kappa shape index (κ2) is 5.27.